The van der Waals surface area contributed by atoms with Crippen LogP contribution in [0.1, 0.15) is 17.2 Å². The van der Waals surface area contributed by atoms with Crippen LogP contribution < -0.4 is 0 Å². The van der Waals surface area contributed by atoms with Crippen molar-refractivity contribution in [3.63, 3.8) is 0 Å². The van der Waals surface area contributed by atoms with E-state index in [1.807, 2.05) is 41.5 Å². The lowest BCUT2D eigenvalue weighted by atomic mass is 10.0. The Labute approximate surface area is 139 Å². The summed E-state index contributed by atoms with van der Waals surface area (Å²) in [5.41, 5.74) is 3.26. The first-order valence-corrected chi connectivity index (χ1v) is 7.77. The van der Waals surface area contributed by atoms with Crippen molar-refractivity contribution in [2.45, 2.75) is 6.04 Å². The Balaban J connectivity index is 1.76. The monoisotopic (exact) mass is 317 g/mol. The van der Waals surface area contributed by atoms with Gasteiger partial charge in [-0.25, -0.2) is 9.37 Å². The van der Waals surface area contributed by atoms with Crippen LogP contribution in [0.3, 0.4) is 0 Å². The van der Waals surface area contributed by atoms with Crippen molar-refractivity contribution in [2.75, 3.05) is 0 Å². The molecule has 1 atom stereocenters. The Bertz CT molecular complexity index is 909. The molecule has 0 N–H and O–H groups in total. The van der Waals surface area contributed by atoms with Gasteiger partial charge in [0, 0.05) is 30.5 Å². The molecule has 4 aromatic rings. The molecule has 2 heterocycles. The van der Waals surface area contributed by atoms with E-state index in [0.717, 1.165) is 11.3 Å². The predicted molar refractivity (Wildman–Crippen MR) is 91.6 cm³/mol. The SMILES string of the molecule is Fc1ccc(-n2ccc(C(c3ccccc3)n3ccnc3)c2)cc1. The lowest BCUT2D eigenvalue weighted by Crippen LogP contribution is -2.09. The van der Waals surface area contributed by atoms with Crippen LogP contribution >= 0.6 is 0 Å². The third-order valence-electron chi connectivity index (χ3n) is 4.09. The minimum absolute atomic E-state index is 0.0513. The number of nitrogens with zero attached hydrogens (tertiary/aromatic N) is 3. The van der Waals surface area contributed by atoms with Gasteiger partial charge in [0.25, 0.3) is 0 Å². The molecule has 4 rings (SSSR count). The van der Waals surface area contributed by atoms with Gasteiger partial charge in [-0.05, 0) is 41.5 Å². The minimum Gasteiger partial charge on any atom is -0.326 e. The Kier molecular flexibility index (Phi) is 3.71. The van der Waals surface area contributed by atoms with Gasteiger partial charge >= 0.3 is 0 Å². The fourth-order valence-electron chi connectivity index (χ4n) is 2.94. The van der Waals surface area contributed by atoms with E-state index >= 15 is 0 Å². The fourth-order valence-corrected chi connectivity index (χ4v) is 2.94. The van der Waals surface area contributed by atoms with Crippen LogP contribution in [0.5, 0.6) is 0 Å². The van der Waals surface area contributed by atoms with Crippen LogP contribution in [0, 0.1) is 5.82 Å². The quantitative estimate of drug-likeness (QED) is 0.545. The lowest BCUT2D eigenvalue weighted by molar-refractivity contribution is 0.627. The number of rotatable bonds is 4. The molecule has 0 spiro atoms. The van der Waals surface area contributed by atoms with Crippen molar-refractivity contribution in [3.8, 4) is 5.69 Å². The summed E-state index contributed by atoms with van der Waals surface area (Å²) in [6, 6.07) is 18.9. The highest BCUT2D eigenvalue weighted by atomic mass is 19.1. The Morgan fingerprint density at radius 1 is 0.833 bits per heavy atom. The average molecular weight is 317 g/mol. The Morgan fingerprint density at radius 3 is 2.33 bits per heavy atom. The molecule has 0 saturated heterocycles. The standard InChI is InChI=1S/C20H16FN3/c21-18-6-8-19(9-7-18)23-12-10-17(14-23)20(24-13-11-22-15-24)16-4-2-1-3-5-16/h1-15,20H. The van der Waals surface area contributed by atoms with Gasteiger partial charge in [-0.3, -0.25) is 0 Å². The zero-order valence-electron chi connectivity index (χ0n) is 13.0. The number of hydrogen-bond donors (Lipinski definition) is 0. The number of halogens is 1. The predicted octanol–water partition coefficient (Wildman–Crippen LogP) is 4.45. The lowest BCUT2D eigenvalue weighted by Gasteiger charge is -2.18. The summed E-state index contributed by atoms with van der Waals surface area (Å²) >= 11 is 0. The van der Waals surface area contributed by atoms with Gasteiger partial charge in [0.2, 0.25) is 0 Å². The number of hydrogen-bond acceptors (Lipinski definition) is 1. The normalized spacial score (nSPS) is 12.2. The van der Waals surface area contributed by atoms with E-state index in [1.165, 1.54) is 17.7 Å². The molecular weight excluding hydrogens is 301 g/mol. The topological polar surface area (TPSA) is 22.8 Å². The summed E-state index contributed by atoms with van der Waals surface area (Å²) in [5.74, 6) is -0.230. The zero-order valence-corrected chi connectivity index (χ0v) is 13.0. The molecule has 0 amide bonds. The summed E-state index contributed by atoms with van der Waals surface area (Å²) in [7, 11) is 0. The van der Waals surface area contributed by atoms with Crippen molar-refractivity contribution in [3.05, 3.63) is 109 Å². The van der Waals surface area contributed by atoms with Crippen molar-refractivity contribution in [1.29, 1.82) is 0 Å². The van der Waals surface area contributed by atoms with Crippen LogP contribution in [0.15, 0.2) is 91.8 Å². The van der Waals surface area contributed by atoms with Crippen molar-refractivity contribution < 1.29 is 4.39 Å². The number of benzene rings is 2. The molecule has 3 nitrogen and oxygen atoms in total. The highest BCUT2D eigenvalue weighted by molar-refractivity contribution is 5.37. The molecular formula is C20H16FN3. The maximum Gasteiger partial charge on any atom is 0.123 e. The van der Waals surface area contributed by atoms with Crippen molar-refractivity contribution in [2.24, 2.45) is 0 Å². The maximum absolute atomic E-state index is 13.1. The number of aromatic nitrogens is 3. The van der Waals surface area contributed by atoms with Gasteiger partial charge in [-0.2, -0.15) is 0 Å². The molecule has 4 heteroatoms. The smallest absolute Gasteiger partial charge is 0.123 e. The van der Waals surface area contributed by atoms with E-state index in [0.29, 0.717) is 0 Å². The van der Waals surface area contributed by atoms with Crippen LogP contribution in [0.2, 0.25) is 0 Å². The zero-order chi connectivity index (χ0) is 16.4. The van der Waals surface area contributed by atoms with Crippen LogP contribution in [0.25, 0.3) is 5.69 Å². The number of imidazole rings is 1. The molecule has 0 aliphatic heterocycles. The summed E-state index contributed by atoms with van der Waals surface area (Å²) < 4.78 is 17.2. The third kappa shape index (κ3) is 2.74. The molecule has 0 saturated carbocycles. The highest BCUT2D eigenvalue weighted by Crippen LogP contribution is 2.27. The van der Waals surface area contributed by atoms with E-state index < -0.39 is 0 Å². The average Bonchev–Trinajstić information content (AvgIpc) is 3.30. The fraction of sp³-hybridized carbons (Fsp3) is 0.0500. The second kappa shape index (κ2) is 6.16. The van der Waals surface area contributed by atoms with Gasteiger partial charge in [0.15, 0.2) is 0 Å². The van der Waals surface area contributed by atoms with E-state index in [1.54, 1.807) is 18.3 Å². The minimum atomic E-state index is -0.230. The Morgan fingerprint density at radius 2 is 1.62 bits per heavy atom. The van der Waals surface area contributed by atoms with Crippen LogP contribution in [0.4, 0.5) is 4.39 Å². The van der Waals surface area contributed by atoms with Gasteiger partial charge in [-0.1, -0.05) is 30.3 Å². The molecule has 118 valence electrons. The van der Waals surface area contributed by atoms with E-state index in [-0.39, 0.29) is 11.9 Å². The third-order valence-corrected chi connectivity index (χ3v) is 4.09. The molecule has 0 radical (unpaired) electrons. The molecule has 2 aromatic carbocycles. The summed E-state index contributed by atoms with van der Waals surface area (Å²) in [4.78, 5) is 4.18. The van der Waals surface area contributed by atoms with E-state index in [2.05, 4.69) is 33.9 Å². The molecule has 0 bridgehead atoms. The molecule has 1 unspecified atom stereocenters. The molecule has 0 aliphatic rings. The van der Waals surface area contributed by atoms with Gasteiger partial charge < -0.3 is 9.13 Å². The highest BCUT2D eigenvalue weighted by Gasteiger charge is 2.17. The first-order valence-electron chi connectivity index (χ1n) is 7.77. The summed E-state index contributed by atoms with van der Waals surface area (Å²) in [5, 5.41) is 0. The second-order valence-corrected chi connectivity index (χ2v) is 5.65. The van der Waals surface area contributed by atoms with Crippen LogP contribution in [-0.4, -0.2) is 14.1 Å². The maximum atomic E-state index is 13.1. The van der Waals surface area contributed by atoms with Gasteiger partial charge in [0.05, 0.1) is 12.4 Å². The van der Waals surface area contributed by atoms with Crippen LogP contribution in [-0.2, 0) is 0 Å². The summed E-state index contributed by atoms with van der Waals surface area (Å²) in [6.45, 7) is 0. The van der Waals surface area contributed by atoms with E-state index in [4.69, 9.17) is 0 Å². The molecule has 0 aliphatic carbocycles. The van der Waals surface area contributed by atoms with Gasteiger partial charge in [0.1, 0.15) is 5.82 Å². The largest absolute Gasteiger partial charge is 0.326 e. The summed E-state index contributed by atoms with van der Waals surface area (Å²) in [6.07, 6.45) is 9.65. The molecule has 0 fully saturated rings. The molecule has 24 heavy (non-hydrogen) atoms. The first-order chi connectivity index (χ1) is 11.8. The molecule has 2 aromatic heterocycles. The van der Waals surface area contributed by atoms with Crippen molar-refractivity contribution in [1.82, 2.24) is 14.1 Å². The first kappa shape index (κ1) is 14.5. The van der Waals surface area contributed by atoms with E-state index in [9.17, 15) is 4.39 Å². The van der Waals surface area contributed by atoms with Gasteiger partial charge in [-0.15, -0.1) is 0 Å². The Hall–Kier alpha value is -3.14. The second-order valence-electron chi connectivity index (χ2n) is 5.65. The van der Waals surface area contributed by atoms with Crippen molar-refractivity contribution >= 4 is 0 Å².